The monoisotopic (exact) mass is 262 g/mol. The predicted octanol–water partition coefficient (Wildman–Crippen LogP) is 3.26. The summed E-state index contributed by atoms with van der Waals surface area (Å²) in [6.07, 6.45) is 0. The molecule has 0 bridgehead atoms. The molecule has 0 heterocycles. The first-order valence-corrected chi connectivity index (χ1v) is 5.65. The highest BCUT2D eigenvalue weighted by Crippen LogP contribution is 2.20. The third-order valence-corrected chi connectivity index (χ3v) is 2.64. The molecule has 0 saturated carbocycles. The largest absolute Gasteiger partial charge is 0.387 e. The van der Waals surface area contributed by atoms with Crippen molar-refractivity contribution >= 4 is 17.3 Å². The fourth-order valence-electron chi connectivity index (χ4n) is 1.69. The third kappa shape index (κ3) is 2.70. The highest BCUT2D eigenvalue weighted by Gasteiger charge is 2.14. The lowest BCUT2D eigenvalue weighted by Crippen LogP contribution is -2.15. The second-order valence-corrected chi connectivity index (χ2v) is 3.85. The summed E-state index contributed by atoms with van der Waals surface area (Å²) in [6.45, 7) is 0. The molecule has 1 amide bonds. The summed E-state index contributed by atoms with van der Waals surface area (Å²) in [5, 5.41) is 5.21. The van der Waals surface area contributed by atoms with Gasteiger partial charge in [-0.1, -0.05) is 18.2 Å². The molecule has 0 aliphatic heterocycles. The lowest BCUT2D eigenvalue weighted by atomic mass is 10.1. The van der Waals surface area contributed by atoms with Crippen LogP contribution in [0.3, 0.4) is 0 Å². The molecule has 2 aromatic carbocycles. The van der Waals surface area contributed by atoms with Crippen molar-refractivity contribution in [1.29, 1.82) is 0 Å². The van der Waals surface area contributed by atoms with E-state index in [4.69, 9.17) is 0 Å². The Morgan fingerprint density at radius 1 is 1.00 bits per heavy atom. The molecule has 2 rings (SSSR count). The molecule has 0 saturated heterocycles. The Kier molecular flexibility index (Phi) is 3.75. The number of carbonyl (C=O) groups is 1. The smallest absolute Gasteiger partial charge is 0.257 e. The Labute approximate surface area is 109 Å². The van der Waals surface area contributed by atoms with Crippen LogP contribution in [0.25, 0.3) is 0 Å². The van der Waals surface area contributed by atoms with Crippen molar-refractivity contribution in [3.63, 3.8) is 0 Å². The van der Waals surface area contributed by atoms with Gasteiger partial charge < -0.3 is 10.6 Å². The molecule has 0 aliphatic rings. The van der Waals surface area contributed by atoms with Crippen molar-refractivity contribution in [2.24, 2.45) is 0 Å². The van der Waals surface area contributed by atoms with Gasteiger partial charge in [0.2, 0.25) is 0 Å². The molecule has 0 fully saturated rings. The number of anilines is 2. The van der Waals surface area contributed by atoms with Crippen molar-refractivity contribution in [3.05, 3.63) is 59.7 Å². The van der Waals surface area contributed by atoms with Crippen LogP contribution >= 0.6 is 0 Å². The second kappa shape index (κ2) is 5.48. The lowest BCUT2D eigenvalue weighted by Gasteiger charge is -2.10. The standard InChI is InChI=1S/C14H12F2N2O/c1-17-11-7-3-2-5-9(11)14(19)18-12-8-4-6-10(15)13(12)16/h2-8,17H,1H3,(H,18,19). The third-order valence-electron chi connectivity index (χ3n) is 2.64. The van der Waals surface area contributed by atoms with Crippen LogP contribution in [0.1, 0.15) is 10.4 Å². The Morgan fingerprint density at radius 2 is 1.68 bits per heavy atom. The van der Waals surface area contributed by atoms with E-state index in [1.807, 2.05) is 0 Å². The average Bonchev–Trinajstić information content (AvgIpc) is 2.43. The van der Waals surface area contributed by atoms with Crippen molar-refractivity contribution in [3.8, 4) is 0 Å². The summed E-state index contributed by atoms with van der Waals surface area (Å²) >= 11 is 0. The summed E-state index contributed by atoms with van der Waals surface area (Å²) in [5.74, 6) is -2.58. The minimum atomic E-state index is -1.07. The van der Waals surface area contributed by atoms with E-state index >= 15 is 0 Å². The second-order valence-electron chi connectivity index (χ2n) is 3.85. The maximum atomic E-state index is 13.5. The quantitative estimate of drug-likeness (QED) is 0.891. The number of benzene rings is 2. The molecule has 0 spiro atoms. The molecule has 98 valence electrons. The number of nitrogens with one attached hydrogen (secondary N) is 2. The van der Waals surface area contributed by atoms with Crippen LogP contribution in [0.2, 0.25) is 0 Å². The van der Waals surface area contributed by atoms with E-state index in [9.17, 15) is 13.6 Å². The van der Waals surface area contributed by atoms with Gasteiger partial charge in [0.1, 0.15) is 0 Å². The SMILES string of the molecule is CNc1ccccc1C(=O)Nc1cccc(F)c1F. The Bertz CT molecular complexity index is 614. The zero-order valence-corrected chi connectivity index (χ0v) is 10.2. The number of carbonyl (C=O) groups excluding carboxylic acids is 1. The van der Waals surface area contributed by atoms with Crippen LogP contribution in [0.5, 0.6) is 0 Å². The number of rotatable bonds is 3. The molecule has 19 heavy (non-hydrogen) atoms. The van der Waals surface area contributed by atoms with Crippen LogP contribution in [0.15, 0.2) is 42.5 Å². The molecule has 2 N–H and O–H groups in total. The first-order chi connectivity index (χ1) is 9.13. The summed E-state index contributed by atoms with van der Waals surface area (Å²) in [6, 6.07) is 10.4. The first kappa shape index (κ1) is 13.0. The molecule has 0 aliphatic carbocycles. The molecular formula is C14H12F2N2O. The molecule has 0 atom stereocenters. The van der Waals surface area contributed by atoms with E-state index in [1.165, 1.54) is 12.1 Å². The Balaban J connectivity index is 2.28. The van der Waals surface area contributed by atoms with Gasteiger partial charge in [0.25, 0.3) is 5.91 Å². The Morgan fingerprint density at radius 3 is 2.42 bits per heavy atom. The fourth-order valence-corrected chi connectivity index (χ4v) is 1.69. The zero-order valence-electron chi connectivity index (χ0n) is 10.2. The number of hydrogen-bond donors (Lipinski definition) is 2. The number of para-hydroxylation sites is 1. The maximum absolute atomic E-state index is 13.5. The Hall–Kier alpha value is -2.43. The molecule has 0 aromatic heterocycles. The maximum Gasteiger partial charge on any atom is 0.257 e. The van der Waals surface area contributed by atoms with Crippen LogP contribution in [0.4, 0.5) is 20.2 Å². The van der Waals surface area contributed by atoms with Gasteiger partial charge in [-0.2, -0.15) is 0 Å². The van der Waals surface area contributed by atoms with Gasteiger partial charge in [0, 0.05) is 12.7 Å². The zero-order chi connectivity index (χ0) is 13.8. The van der Waals surface area contributed by atoms with Crippen LogP contribution in [-0.2, 0) is 0 Å². The van der Waals surface area contributed by atoms with Crippen molar-refractivity contribution in [2.45, 2.75) is 0 Å². The minimum absolute atomic E-state index is 0.184. The lowest BCUT2D eigenvalue weighted by molar-refractivity contribution is 0.102. The van der Waals surface area contributed by atoms with Crippen molar-refractivity contribution in [1.82, 2.24) is 0 Å². The summed E-state index contributed by atoms with van der Waals surface area (Å²) in [5.41, 5.74) is 0.779. The summed E-state index contributed by atoms with van der Waals surface area (Å²) < 4.78 is 26.5. The topological polar surface area (TPSA) is 41.1 Å². The van der Waals surface area contributed by atoms with Gasteiger partial charge in [-0.15, -0.1) is 0 Å². The number of halogens is 2. The van der Waals surface area contributed by atoms with Gasteiger partial charge in [-0.25, -0.2) is 8.78 Å². The van der Waals surface area contributed by atoms with E-state index in [-0.39, 0.29) is 5.69 Å². The predicted molar refractivity (Wildman–Crippen MR) is 70.3 cm³/mol. The number of amides is 1. The van der Waals surface area contributed by atoms with Gasteiger partial charge in [0.15, 0.2) is 11.6 Å². The molecular weight excluding hydrogens is 250 g/mol. The summed E-state index contributed by atoms with van der Waals surface area (Å²) in [7, 11) is 1.68. The van der Waals surface area contributed by atoms with E-state index in [2.05, 4.69) is 10.6 Å². The molecule has 0 unspecified atom stereocenters. The minimum Gasteiger partial charge on any atom is -0.387 e. The van der Waals surface area contributed by atoms with E-state index in [0.717, 1.165) is 6.07 Å². The molecule has 2 aromatic rings. The molecule has 3 nitrogen and oxygen atoms in total. The normalized spacial score (nSPS) is 10.1. The highest BCUT2D eigenvalue weighted by molar-refractivity contribution is 6.08. The molecule has 5 heteroatoms. The van der Waals surface area contributed by atoms with Crippen molar-refractivity contribution < 1.29 is 13.6 Å². The fraction of sp³-hybridized carbons (Fsp3) is 0.0714. The van der Waals surface area contributed by atoms with Gasteiger partial charge >= 0.3 is 0 Å². The van der Waals surface area contributed by atoms with E-state index in [1.54, 1.807) is 31.3 Å². The molecule has 0 radical (unpaired) electrons. The van der Waals surface area contributed by atoms with Gasteiger partial charge in [-0.05, 0) is 24.3 Å². The van der Waals surface area contributed by atoms with Gasteiger partial charge in [-0.3, -0.25) is 4.79 Å². The first-order valence-electron chi connectivity index (χ1n) is 5.65. The van der Waals surface area contributed by atoms with Crippen LogP contribution in [0, 0.1) is 11.6 Å². The van der Waals surface area contributed by atoms with Crippen LogP contribution in [-0.4, -0.2) is 13.0 Å². The van der Waals surface area contributed by atoms with E-state index < -0.39 is 17.5 Å². The average molecular weight is 262 g/mol. The van der Waals surface area contributed by atoms with Crippen LogP contribution < -0.4 is 10.6 Å². The highest BCUT2D eigenvalue weighted by atomic mass is 19.2. The summed E-state index contributed by atoms with van der Waals surface area (Å²) in [4.78, 5) is 12.0. The van der Waals surface area contributed by atoms with E-state index in [0.29, 0.717) is 11.3 Å². The van der Waals surface area contributed by atoms with Gasteiger partial charge in [0.05, 0.1) is 11.3 Å². The van der Waals surface area contributed by atoms with Crippen molar-refractivity contribution in [2.75, 3.05) is 17.7 Å². The number of hydrogen-bond acceptors (Lipinski definition) is 2.